The number of nitrogens with zero attached hydrogens (tertiary/aromatic N) is 1. The van der Waals surface area contributed by atoms with Gasteiger partial charge in [-0.15, -0.1) is 0 Å². The van der Waals surface area contributed by atoms with E-state index in [9.17, 15) is 14.4 Å². The third kappa shape index (κ3) is 8.17. The molecule has 0 aliphatic heterocycles. The number of carbonyl (C=O) groups is 3. The van der Waals surface area contributed by atoms with Crippen LogP contribution in [-0.4, -0.2) is 37.1 Å². The van der Waals surface area contributed by atoms with Crippen molar-refractivity contribution in [1.82, 2.24) is 5.43 Å². The molecule has 3 aromatic carbocycles. The van der Waals surface area contributed by atoms with Gasteiger partial charge in [-0.1, -0.05) is 23.7 Å². The highest BCUT2D eigenvalue weighted by atomic mass is 35.5. The van der Waals surface area contributed by atoms with Crippen LogP contribution in [0.5, 0.6) is 11.5 Å². The number of hydrogen-bond donors (Lipinski definition) is 3. The van der Waals surface area contributed by atoms with Crippen LogP contribution in [-0.2, 0) is 14.4 Å². The Bertz CT molecular complexity index is 1200. The van der Waals surface area contributed by atoms with Crippen LogP contribution in [0.4, 0.5) is 11.4 Å². The second kappa shape index (κ2) is 12.8. The van der Waals surface area contributed by atoms with Gasteiger partial charge in [-0.25, -0.2) is 5.43 Å². The van der Waals surface area contributed by atoms with Crippen molar-refractivity contribution in [3.05, 3.63) is 83.4 Å². The van der Waals surface area contributed by atoms with Crippen molar-refractivity contribution in [2.75, 3.05) is 23.8 Å². The number of ether oxygens (including phenoxy) is 2. The SMILES string of the molecule is CCOc1ccc(NC(=O)C(=O)NN=Cc2ccc(OCC(=O)Nc3ccccc3Cl)cc2)cc1. The zero-order valence-electron chi connectivity index (χ0n) is 18.8. The lowest BCUT2D eigenvalue weighted by Crippen LogP contribution is -2.32. The smallest absolute Gasteiger partial charge is 0.329 e. The molecule has 0 unspecified atom stereocenters. The minimum Gasteiger partial charge on any atom is -0.494 e. The lowest BCUT2D eigenvalue weighted by atomic mass is 10.2. The summed E-state index contributed by atoms with van der Waals surface area (Å²) in [7, 11) is 0. The van der Waals surface area contributed by atoms with E-state index in [0.717, 1.165) is 0 Å². The van der Waals surface area contributed by atoms with E-state index in [0.29, 0.717) is 40.1 Å². The van der Waals surface area contributed by atoms with E-state index < -0.39 is 11.8 Å². The zero-order chi connectivity index (χ0) is 25.0. The minimum absolute atomic E-state index is 0.196. The highest BCUT2D eigenvalue weighted by molar-refractivity contribution is 6.39. The molecule has 0 radical (unpaired) electrons. The first-order chi connectivity index (χ1) is 16.9. The van der Waals surface area contributed by atoms with Crippen molar-refractivity contribution in [2.45, 2.75) is 6.92 Å². The second-order valence-electron chi connectivity index (χ2n) is 7.00. The number of benzene rings is 3. The van der Waals surface area contributed by atoms with Crippen LogP contribution < -0.4 is 25.5 Å². The average Bonchev–Trinajstić information content (AvgIpc) is 2.86. The first kappa shape index (κ1) is 25.3. The number of hydrogen-bond acceptors (Lipinski definition) is 6. The van der Waals surface area contributed by atoms with E-state index in [1.54, 1.807) is 72.8 Å². The van der Waals surface area contributed by atoms with Crippen molar-refractivity contribution in [3.8, 4) is 11.5 Å². The molecule has 0 spiro atoms. The molecule has 0 heterocycles. The van der Waals surface area contributed by atoms with Gasteiger partial charge in [0.1, 0.15) is 11.5 Å². The molecule has 0 bridgehead atoms. The van der Waals surface area contributed by atoms with Crippen LogP contribution in [0.25, 0.3) is 0 Å². The molecular formula is C25H23ClN4O5. The molecule has 0 fully saturated rings. The summed E-state index contributed by atoms with van der Waals surface area (Å²) in [6, 6.07) is 20.2. The fourth-order valence-electron chi connectivity index (χ4n) is 2.75. The fraction of sp³-hybridized carbons (Fsp3) is 0.120. The summed E-state index contributed by atoms with van der Waals surface area (Å²) < 4.78 is 10.8. The Morgan fingerprint density at radius 2 is 1.51 bits per heavy atom. The van der Waals surface area contributed by atoms with Crippen molar-refractivity contribution in [2.24, 2.45) is 5.10 Å². The molecule has 0 aliphatic carbocycles. The third-order valence-corrected chi connectivity index (χ3v) is 4.74. The lowest BCUT2D eigenvalue weighted by Gasteiger charge is -2.08. The van der Waals surface area contributed by atoms with Crippen LogP contribution in [0.3, 0.4) is 0 Å². The summed E-state index contributed by atoms with van der Waals surface area (Å²) in [5.74, 6) is -0.994. The van der Waals surface area contributed by atoms with Gasteiger partial charge in [0.25, 0.3) is 5.91 Å². The maximum Gasteiger partial charge on any atom is 0.329 e. The molecular weight excluding hydrogens is 472 g/mol. The van der Waals surface area contributed by atoms with Crippen molar-refractivity contribution in [1.29, 1.82) is 0 Å². The first-order valence-corrected chi connectivity index (χ1v) is 11.0. The summed E-state index contributed by atoms with van der Waals surface area (Å²) in [5, 5.41) is 9.35. The number of para-hydroxylation sites is 1. The molecule has 0 atom stereocenters. The van der Waals surface area contributed by atoms with Gasteiger partial charge in [-0.05, 0) is 73.2 Å². The van der Waals surface area contributed by atoms with E-state index >= 15 is 0 Å². The number of rotatable bonds is 9. The number of amides is 3. The number of hydrazone groups is 1. The van der Waals surface area contributed by atoms with Gasteiger partial charge in [0, 0.05) is 5.69 Å². The van der Waals surface area contributed by atoms with Gasteiger partial charge in [0.05, 0.1) is 23.5 Å². The van der Waals surface area contributed by atoms with Crippen LogP contribution >= 0.6 is 11.6 Å². The number of nitrogens with one attached hydrogen (secondary N) is 3. The largest absolute Gasteiger partial charge is 0.494 e. The van der Waals surface area contributed by atoms with Crippen molar-refractivity contribution in [3.63, 3.8) is 0 Å². The zero-order valence-corrected chi connectivity index (χ0v) is 19.5. The number of anilines is 2. The van der Waals surface area contributed by atoms with Gasteiger partial charge >= 0.3 is 11.8 Å². The maximum absolute atomic E-state index is 12.0. The molecule has 9 nitrogen and oxygen atoms in total. The Morgan fingerprint density at radius 3 is 2.20 bits per heavy atom. The summed E-state index contributed by atoms with van der Waals surface area (Å²) in [6.45, 7) is 2.20. The molecule has 3 N–H and O–H groups in total. The van der Waals surface area contributed by atoms with Crippen LogP contribution in [0.2, 0.25) is 5.02 Å². The van der Waals surface area contributed by atoms with Gasteiger partial charge in [0.2, 0.25) is 0 Å². The minimum atomic E-state index is -0.917. The number of halogens is 1. The van der Waals surface area contributed by atoms with Crippen LogP contribution in [0.15, 0.2) is 77.9 Å². The monoisotopic (exact) mass is 494 g/mol. The summed E-state index contributed by atoms with van der Waals surface area (Å²) in [5.41, 5.74) is 3.76. The highest BCUT2D eigenvalue weighted by Crippen LogP contribution is 2.20. The standard InChI is InChI=1S/C25H23ClN4O5/c1-2-34-19-13-9-18(10-14-19)28-24(32)25(33)30-27-15-17-7-11-20(12-8-17)35-16-23(31)29-22-6-4-3-5-21(22)26/h3-15H,2,16H2,1H3,(H,28,32)(H,29,31)(H,30,33). The van der Waals surface area contributed by atoms with Crippen LogP contribution in [0.1, 0.15) is 12.5 Å². The van der Waals surface area contributed by atoms with E-state index in [1.807, 2.05) is 6.92 Å². The quantitative estimate of drug-likeness (QED) is 0.237. The van der Waals surface area contributed by atoms with Crippen molar-refractivity contribution >= 4 is 46.9 Å². The molecule has 3 rings (SSSR count). The Hall–Kier alpha value is -4.37. The average molecular weight is 495 g/mol. The highest BCUT2D eigenvalue weighted by Gasteiger charge is 2.13. The Kier molecular flexibility index (Phi) is 9.21. The molecule has 180 valence electrons. The molecule has 35 heavy (non-hydrogen) atoms. The lowest BCUT2D eigenvalue weighted by molar-refractivity contribution is -0.136. The van der Waals surface area contributed by atoms with E-state index in [2.05, 4.69) is 21.2 Å². The number of carbonyl (C=O) groups excluding carboxylic acids is 3. The fourth-order valence-corrected chi connectivity index (χ4v) is 2.94. The predicted octanol–water partition coefficient (Wildman–Crippen LogP) is 3.85. The molecule has 0 aliphatic rings. The first-order valence-electron chi connectivity index (χ1n) is 10.6. The van der Waals surface area contributed by atoms with Gasteiger partial charge in [0.15, 0.2) is 6.61 Å². The molecule has 0 saturated heterocycles. The normalized spacial score (nSPS) is 10.5. The predicted molar refractivity (Wildman–Crippen MR) is 134 cm³/mol. The Morgan fingerprint density at radius 1 is 0.857 bits per heavy atom. The topological polar surface area (TPSA) is 118 Å². The second-order valence-corrected chi connectivity index (χ2v) is 7.40. The van der Waals surface area contributed by atoms with Gasteiger partial charge in [-0.2, -0.15) is 5.10 Å². The van der Waals surface area contributed by atoms with E-state index in [4.69, 9.17) is 21.1 Å². The molecule has 3 amide bonds. The molecule has 10 heteroatoms. The van der Waals surface area contributed by atoms with Crippen LogP contribution in [0, 0.1) is 0 Å². The molecule has 0 aromatic heterocycles. The summed E-state index contributed by atoms with van der Waals surface area (Å²) in [4.78, 5) is 35.9. The van der Waals surface area contributed by atoms with E-state index in [-0.39, 0.29) is 12.5 Å². The van der Waals surface area contributed by atoms with Gasteiger partial charge < -0.3 is 20.1 Å². The van der Waals surface area contributed by atoms with Gasteiger partial charge in [-0.3, -0.25) is 14.4 Å². The van der Waals surface area contributed by atoms with Crippen molar-refractivity contribution < 1.29 is 23.9 Å². The third-order valence-electron chi connectivity index (χ3n) is 4.41. The summed E-state index contributed by atoms with van der Waals surface area (Å²) >= 11 is 6.01. The Balaban J connectivity index is 1.42. The maximum atomic E-state index is 12.0. The Labute approximate surface area is 207 Å². The molecule has 3 aromatic rings. The summed E-state index contributed by atoms with van der Waals surface area (Å²) in [6.07, 6.45) is 1.37. The molecule has 0 saturated carbocycles. The van der Waals surface area contributed by atoms with E-state index in [1.165, 1.54) is 6.21 Å².